The highest BCUT2D eigenvalue weighted by atomic mass is 16.3. The zero-order valence-corrected chi connectivity index (χ0v) is 10.4. The molecule has 1 rings (SSSR count). The van der Waals surface area contributed by atoms with E-state index in [1.165, 1.54) is 18.2 Å². The van der Waals surface area contributed by atoms with Gasteiger partial charge in [0.2, 0.25) is 11.8 Å². The first kappa shape index (κ1) is 14.5. The normalized spacial score (nSPS) is 9.95. The number of amides is 3. The van der Waals surface area contributed by atoms with Gasteiger partial charge in [0.1, 0.15) is 18.8 Å². The Labute approximate surface area is 109 Å². The summed E-state index contributed by atoms with van der Waals surface area (Å²) in [7, 11) is 0. The van der Waals surface area contributed by atoms with Crippen LogP contribution in [0.4, 0.5) is 0 Å². The summed E-state index contributed by atoms with van der Waals surface area (Å²) in [5.41, 5.74) is 10.8. The molecule has 1 aromatic carbocycles. The number of rotatable bonds is 5. The Morgan fingerprint density at radius 2 is 1.68 bits per heavy atom. The van der Waals surface area contributed by atoms with E-state index in [-0.39, 0.29) is 11.3 Å². The molecule has 0 aromatic heterocycles. The van der Waals surface area contributed by atoms with Gasteiger partial charge < -0.3 is 21.5 Å². The number of nitrogens with zero attached hydrogens (tertiary/aromatic N) is 1. The van der Waals surface area contributed by atoms with Crippen LogP contribution in [0.25, 0.3) is 0 Å². The van der Waals surface area contributed by atoms with E-state index in [4.69, 9.17) is 11.5 Å². The molecular formula is C12H15N3O4. The molecule has 3 amide bonds. The summed E-state index contributed by atoms with van der Waals surface area (Å²) in [5.74, 6) is -2.02. The van der Waals surface area contributed by atoms with Gasteiger partial charge in [0, 0.05) is 5.56 Å². The lowest BCUT2D eigenvalue weighted by molar-refractivity contribution is -0.121. The van der Waals surface area contributed by atoms with Gasteiger partial charge >= 0.3 is 0 Å². The third-order valence-electron chi connectivity index (χ3n) is 2.42. The first-order valence-corrected chi connectivity index (χ1v) is 5.46. The van der Waals surface area contributed by atoms with Crippen LogP contribution >= 0.6 is 0 Å². The quantitative estimate of drug-likeness (QED) is 0.638. The zero-order valence-electron chi connectivity index (χ0n) is 10.4. The van der Waals surface area contributed by atoms with Gasteiger partial charge in [0.25, 0.3) is 5.91 Å². The molecule has 7 heteroatoms. The first-order chi connectivity index (χ1) is 8.81. The Bertz CT molecular complexity index is 512. The van der Waals surface area contributed by atoms with Crippen molar-refractivity contribution in [3.8, 4) is 5.75 Å². The topological polar surface area (TPSA) is 127 Å². The number of primary amides is 2. The Kier molecular flexibility index (Phi) is 4.46. The number of aryl methyl sites for hydroxylation is 1. The molecule has 0 saturated heterocycles. The van der Waals surface area contributed by atoms with E-state index in [0.29, 0.717) is 5.56 Å². The number of hydrogen-bond donors (Lipinski definition) is 3. The van der Waals surface area contributed by atoms with Crippen molar-refractivity contribution < 1.29 is 19.5 Å². The number of nitrogens with two attached hydrogens (primary N) is 2. The summed E-state index contributed by atoms with van der Waals surface area (Å²) in [5, 5.41) is 9.28. The summed E-state index contributed by atoms with van der Waals surface area (Å²) >= 11 is 0. The maximum absolute atomic E-state index is 12.2. The third kappa shape index (κ3) is 3.98. The minimum atomic E-state index is -0.744. The van der Waals surface area contributed by atoms with Crippen molar-refractivity contribution in [2.45, 2.75) is 6.92 Å². The molecule has 7 nitrogen and oxygen atoms in total. The molecule has 0 unspecified atom stereocenters. The van der Waals surface area contributed by atoms with Crippen LogP contribution in [0.1, 0.15) is 15.9 Å². The van der Waals surface area contributed by atoms with E-state index in [0.717, 1.165) is 4.90 Å². The van der Waals surface area contributed by atoms with Crippen LogP contribution in [0, 0.1) is 6.92 Å². The maximum Gasteiger partial charge on any atom is 0.255 e. The molecule has 0 aliphatic rings. The minimum Gasteiger partial charge on any atom is -0.508 e. The molecule has 0 bridgehead atoms. The van der Waals surface area contributed by atoms with Gasteiger partial charge in [-0.15, -0.1) is 0 Å². The molecule has 0 atom stereocenters. The van der Waals surface area contributed by atoms with Crippen molar-refractivity contribution in [3.63, 3.8) is 0 Å². The Morgan fingerprint density at radius 3 is 2.11 bits per heavy atom. The summed E-state index contributed by atoms with van der Waals surface area (Å²) in [4.78, 5) is 34.9. The van der Waals surface area contributed by atoms with Crippen LogP contribution < -0.4 is 11.5 Å². The van der Waals surface area contributed by atoms with Crippen LogP contribution in [-0.4, -0.2) is 40.8 Å². The van der Waals surface area contributed by atoms with Gasteiger partial charge in [-0.1, -0.05) is 0 Å². The van der Waals surface area contributed by atoms with Crippen molar-refractivity contribution in [1.29, 1.82) is 0 Å². The SMILES string of the molecule is Cc1cc(O)ccc1C(=O)N(CC(N)=O)CC(N)=O. The number of aromatic hydroxyl groups is 1. The van der Waals surface area contributed by atoms with Gasteiger partial charge in [-0.05, 0) is 30.7 Å². The summed E-state index contributed by atoms with van der Waals surface area (Å²) in [6.45, 7) is 0.823. The highest BCUT2D eigenvalue weighted by molar-refractivity contribution is 5.99. The standard InChI is InChI=1S/C12H15N3O4/c1-7-4-8(16)2-3-9(7)12(19)15(5-10(13)17)6-11(14)18/h2-4,16H,5-6H2,1H3,(H2,13,17)(H2,14,18). The molecular weight excluding hydrogens is 250 g/mol. The van der Waals surface area contributed by atoms with E-state index in [2.05, 4.69) is 0 Å². The highest BCUT2D eigenvalue weighted by Crippen LogP contribution is 2.17. The number of carbonyl (C=O) groups is 3. The highest BCUT2D eigenvalue weighted by Gasteiger charge is 2.21. The monoisotopic (exact) mass is 265 g/mol. The Hall–Kier alpha value is -2.57. The molecule has 0 radical (unpaired) electrons. The Balaban J connectivity index is 3.04. The number of phenols is 1. The molecule has 0 spiro atoms. The van der Waals surface area contributed by atoms with Gasteiger partial charge in [-0.2, -0.15) is 0 Å². The van der Waals surface area contributed by atoms with Gasteiger partial charge in [-0.3, -0.25) is 14.4 Å². The second kappa shape index (κ2) is 5.85. The molecule has 19 heavy (non-hydrogen) atoms. The average molecular weight is 265 g/mol. The number of hydrogen-bond acceptors (Lipinski definition) is 4. The second-order valence-electron chi connectivity index (χ2n) is 4.09. The van der Waals surface area contributed by atoms with Crippen molar-refractivity contribution in [1.82, 2.24) is 4.90 Å². The van der Waals surface area contributed by atoms with Crippen LogP contribution in [0.2, 0.25) is 0 Å². The van der Waals surface area contributed by atoms with Gasteiger partial charge in [-0.25, -0.2) is 0 Å². The predicted molar refractivity (Wildman–Crippen MR) is 67.1 cm³/mol. The lowest BCUT2D eigenvalue weighted by atomic mass is 10.1. The van der Waals surface area contributed by atoms with Crippen molar-refractivity contribution in [2.24, 2.45) is 11.5 Å². The summed E-state index contributed by atoms with van der Waals surface area (Å²) in [6, 6.07) is 4.15. The van der Waals surface area contributed by atoms with Gasteiger partial charge in [0.15, 0.2) is 0 Å². The van der Waals surface area contributed by atoms with Crippen molar-refractivity contribution >= 4 is 17.7 Å². The fourth-order valence-electron chi connectivity index (χ4n) is 1.63. The second-order valence-corrected chi connectivity index (χ2v) is 4.09. The van der Waals surface area contributed by atoms with Crippen LogP contribution in [0.15, 0.2) is 18.2 Å². The minimum absolute atomic E-state index is 0.0189. The largest absolute Gasteiger partial charge is 0.508 e. The van der Waals surface area contributed by atoms with E-state index in [9.17, 15) is 19.5 Å². The Morgan fingerprint density at radius 1 is 1.16 bits per heavy atom. The van der Waals surface area contributed by atoms with Gasteiger partial charge in [0.05, 0.1) is 0 Å². The van der Waals surface area contributed by atoms with E-state index in [1.54, 1.807) is 6.92 Å². The number of carbonyl (C=O) groups excluding carboxylic acids is 3. The van der Waals surface area contributed by atoms with E-state index in [1.807, 2.05) is 0 Å². The molecule has 5 N–H and O–H groups in total. The maximum atomic E-state index is 12.2. The predicted octanol–water partition coefficient (Wildman–Crippen LogP) is -0.887. The van der Waals surface area contributed by atoms with E-state index < -0.39 is 30.8 Å². The lowest BCUT2D eigenvalue weighted by Gasteiger charge is -2.20. The third-order valence-corrected chi connectivity index (χ3v) is 2.42. The summed E-state index contributed by atoms with van der Waals surface area (Å²) < 4.78 is 0. The number of phenolic OH excluding ortho intramolecular Hbond substituents is 1. The number of benzene rings is 1. The fourth-order valence-corrected chi connectivity index (χ4v) is 1.63. The molecule has 0 saturated carbocycles. The molecule has 0 aliphatic carbocycles. The van der Waals surface area contributed by atoms with Crippen LogP contribution in [-0.2, 0) is 9.59 Å². The zero-order chi connectivity index (χ0) is 14.6. The van der Waals surface area contributed by atoms with Crippen LogP contribution in [0.5, 0.6) is 5.75 Å². The van der Waals surface area contributed by atoms with Crippen LogP contribution in [0.3, 0.4) is 0 Å². The summed E-state index contributed by atoms with van der Waals surface area (Å²) in [6.07, 6.45) is 0. The lowest BCUT2D eigenvalue weighted by Crippen LogP contribution is -2.43. The first-order valence-electron chi connectivity index (χ1n) is 5.46. The fraction of sp³-hybridized carbons (Fsp3) is 0.250. The average Bonchev–Trinajstić information content (AvgIpc) is 2.26. The molecule has 102 valence electrons. The van der Waals surface area contributed by atoms with Crippen molar-refractivity contribution in [3.05, 3.63) is 29.3 Å². The molecule has 1 aromatic rings. The molecule has 0 fully saturated rings. The molecule has 0 heterocycles. The molecule has 0 aliphatic heterocycles. The van der Waals surface area contributed by atoms with E-state index >= 15 is 0 Å². The van der Waals surface area contributed by atoms with Crippen molar-refractivity contribution in [2.75, 3.05) is 13.1 Å². The smallest absolute Gasteiger partial charge is 0.255 e.